The Labute approximate surface area is 104 Å². The fourth-order valence-electron chi connectivity index (χ4n) is 2.09. The zero-order valence-corrected chi connectivity index (χ0v) is 10.3. The summed E-state index contributed by atoms with van der Waals surface area (Å²) in [6.07, 6.45) is 3.58. The maximum Gasteiger partial charge on any atom is 0.212 e. The van der Waals surface area contributed by atoms with E-state index in [2.05, 4.69) is 34.2 Å². The molecule has 0 saturated heterocycles. The summed E-state index contributed by atoms with van der Waals surface area (Å²) in [6.45, 7) is 0. The molecular formula is C13H12N2OS. The number of thiazole rings is 1. The molecule has 0 amide bonds. The number of aryl methyl sites for hydroxylation is 2. The van der Waals surface area contributed by atoms with E-state index in [9.17, 15) is 0 Å². The maximum absolute atomic E-state index is 4.82. The Balaban J connectivity index is 2.07. The first-order valence-corrected chi connectivity index (χ1v) is 6.33. The fraction of sp³-hybridized carbons (Fsp3) is 0.231. The summed E-state index contributed by atoms with van der Waals surface area (Å²) in [6, 6.07) is 8.46. The zero-order chi connectivity index (χ0) is 11.7. The van der Waals surface area contributed by atoms with Gasteiger partial charge in [0.25, 0.3) is 0 Å². The summed E-state index contributed by atoms with van der Waals surface area (Å²) in [5.74, 6) is 0. The number of aromatic nitrogens is 1. The Bertz CT molecular complexity index is 575. The van der Waals surface area contributed by atoms with E-state index in [0.717, 1.165) is 23.7 Å². The Morgan fingerprint density at radius 1 is 1.35 bits per heavy atom. The summed E-state index contributed by atoms with van der Waals surface area (Å²) in [5.41, 5.74) is 3.73. The van der Waals surface area contributed by atoms with Crippen molar-refractivity contribution in [2.45, 2.75) is 12.8 Å². The lowest BCUT2D eigenvalue weighted by Crippen LogP contribution is -2.01. The van der Waals surface area contributed by atoms with Gasteiger partial charge in [0.1, 0.15) is 0 Å². The topological polar surface area (TPSA) is 34.5 Å². The molecule has 1 aromatic carbocycles. The predicted molar refractivity (Wildman–Crippen MR) is 70.1 cm³/mol. The molecule has 0 radical (unpaired) electrons. The Morgan fingerprint density at radius 3 is 3.12 bits per heavy atom. The summed E-state index contributed by atoms with van der Waals surface area (Å²) in [7, 11) is 1.59. The molecule has 0 unspecified atom stereocenters. The van der Waals surface area contributed by atoms with Crippen LogP contribution in [0, 0.1) is 0 Å². The van der Waals surface area contributed by atoms with Crippen molar-refractivity contribution < 1.29 is 4.74 Å². The standard InChI is InChI=1S/C13H12N2OS/c1-16-8-14-13-15-12-10-5-3-2-4-9(10)6-7-11(12)17-13/h2-5,8H,6-7H2,1H3. The third kappa shape index (κ3) is 1.85. The molecule has 1 aliphatic carbocycles. The van der Waals surface area contributed by atoms with Gasteiger partial charge in [-0.25, -0.2) is 4.98 Å². The molecule has 0 N–H and O–H groups in total. The average molecular weight is 244 g/mol. The van der Waals surface area contributed by atoms with Crippen LogP contribution >= 0.6 is 11.3 Å². The molecule has 0 fully saturated rings. The van der Waals surface area contributed by atoms with Gasteiger partial charge in [-0.2, -0.15) is 4.99 Å². The van der Waals surface area contributed by atoms with E-state index >= 15 is 0 Å². The number of nitrogens with zero attached hydrogens (tertiary/aromatic N) is 2. The van der Waals surface area contributed by atoms with Gasteiger partial charge >= 0.3 is 0 Å². The Morgan fingerprint density at radius 2 is 2.24 bits per heavy atom. The highest BCUT2D eigenvalue weighted by Gasteiger charge is 2.19. The normalized spacial score (nSPS) is 13.5. The summed E-state index contributed by atoms with van der Waals surface area (Å²) in [5, 5.41) is 0.772. The minimum atomic E-state index is 0.772. The minimum Gasteiger partial charge on any atom is -0.486 e. The van der Waals surface area contributed by atoms with E-state index in [1.54, 1.807) is 18.4 Å². The lowest BCUT2D eigenvalue weighted by atomic mass is 9.94. The monoisotopic (exact) mass is 244 g/mol. The number of hydrogen-bond donors (Lipinski definition) is 0. The van der Waals surface area contributed by atoms with E-state index in [-0.39, 0.29) is 0 Å². The van der Waals surface area contributed by atoms with Gasteiger partial charge in [-0.05, 0) is 18.4 Å². The van der Waals surface area contributed by atoms with Crippen LogP contribution in [-0.2, 0) is 17.6 Å². The molecule has 1 aliphatic rings. The van der Waals surface area contributed by atoms with Crippen LogP contribution in [0.25, 0.3) is 11.3 Å². The van der Waals surface area contributed by atoms with Gasteiger partial charge in [0.2, 0.25) is 5.13 Å². The predicted octanol–water partition coefficient (Wildman–Crippen LogP) is 3.21. The number of aliphatic imine (C=N–C) groups is 1. The van der Waals surface area contributed by atoms with Crippen molar-refractivity contribution in [2.24, 2.45) is 4.99 Å². The summed E-state index contributed by atoms with van der Waals surface area (Å²) in [4.78, 5) is 10.1. The second kappa shape index (κ2) is 4.30. The average Bonchev–Trinajstić information content (AvgIpc) is 2.79. The van der Waals surface area contributed by atoms with Crippen LogP contribution < -0.4 is 0 Å². The number of benzene rings is 1. The third-order valence-electron chi connectivity index (χ3n) is 2.85. The van der Waals surface area contributed by atoms with Gasteiger partial charge in [0.15, 0.2) is 6.40 Å². The van der Waals surface area contributed by atoms with Crippen molar-refractivity contribution in [1.29, 1.82) is 0 Å². The van der Waals surface area contributed by atoms with E-state index in [0.29, 0.717) is 0 Å². The highest BCUT2D eigenvalue weighted by atomic mass is 32.1. The van der Waals surface area contributed by atoms with E-state index < -0.39 is 0 Å². The van der Waals surface area contributed by atoms with Gasteiger partial charge in [0.05, 0.1) is 12.8 Å². The number of methoxy groups -OCH3 is 1. The van der Waals surface area contributed by atoms with Crippen molar-refractivity contribution in [3.05, 3.63) is 34.7 Å². The molecule has 0 spiro atoms. The van der Waals surface area contributed by atoms with Crippen molar-refractivity contribution in [2.75, 3.05) is 7.11 Å². The zero-order valence-electron chi connectivity index (χ0n) is 9.51. The molecular weight excluding hydrogens is 232 g/mol. The maximum atomic E-state index is 4.82. The fourth-order valence-corrected chi connectivity index (χ4v) is 3.00. The molecule has 3 nitrogen and oxygen atoms in total. The SMILES string of the molecule is COC=Nc1nc2c(s1)CCc1ccccc1-2. The van der Waals surface area contributed by atoms with Crippen LogP contribution in [0.4, 0.5) is 5.13 Å². The smallest absolute Gasteiger partial charge is 0.212 e. The van der Waals surface area contributed by atoms with Gasteiger partial charge < -0.3 is 4.74 Å². The van der Waals surface area contributed by atoms with Crippen LogP contribution in [0.1, 0.15) is 10.4 Å². The van der Waals surface area contributed by atoms with E-state index in [4.69, 9.17) is 4.74 Å². The van der Waals surface area contributed by atoms with E-state index in [1.807, 2.05) is 0 Å². The molecule has 1 aromatic heterocycles. The second-order valence-corrected chi connectivity index (χ2v) is 4.96. The van der Waals surface area contributed by atoms with Gasteiger partial charge in [-0.15, -0.1) is 0 Å². The van der Waals surface area contributed by atoms with Gasteiger partial charge in [0, 0.05) is 10.4 Å². The second-order valence-electron chi connectivity index (χ2n) is 3.90. The third-order valence-corrected chi connectivity index (χ3v) is 3.87. The van der Waals surface area contributed by atoms with Crippen molar-refractivity contribution in [1.82, 2.24) is 4.98 Å². The summed E-state index contributed by atoms with van der Waals surface area (Å²) >= 11 is 1.65. The number of ether oxygens (including phenoxy) is 1. The number of rotatable bonds is 2. The first-order valence-electron chi connectivity index (χ1n) is 5.52. The molecule has 17 heavy (non-hydrogen) atoms. The molecule has 2 aromatic rings. The van der Waals surface area contributed by atoms with Crippen LogP contribution in [0.15, 0.2) is 29.3 Å². The lowest BCUT2D eigenvalue weighted by molar-refractivity contribution is 0.423. The molecule has 0 bridgehead atoms. The molecule has 0 saturated carbocycles. The Hall–Kier alpha value is -1.68. The van der Waals surface area contributed by atoms with Gasteiger partial charge in [-0.1, -0.05) is 35.6 Å². The molecule has 0 atom stereocenters. The van der Waals surface area contributed by atoms with Gasteiger partial charge in [-0.3, -0.25) is 0 Å². The number of hydrogen-bond acceptors (Lipinski definition) is 4. The first-order chi connectivity index (χ1) is 8.38. The quantitative estimate of drug-likeness (QED) is 0.600. The highest BCUT2D eigenvalue weighted by Crippen LogP contribution is 2.38. The lowest BCUT2D eigenvalue weighted by Gasteiger charge is -2.13. The minimum absolute atomic E-state index is 0.772. The van der Waals surface area contributed by atoms with Crippen molar-refractivity contribution >= 4 is 22.9 Å². The van der Waals surface area contributed by atoms with Crippen molar-refractivity contribution in [3.8, 4) is 11.3 Å². The van der Waals surface area contributed by atoms with Crippen LogP contribution in [-0.4, -0.2) is 18.5 Å². The summed E-state index contributed by atoms with van der Waals surface area (Å²) < 4.78 is 4.82. The molecule has 3 rings (SSSR count). The first kappa shape index (κ1) is 10.5. The highest BCUT2D eigenvalue weighted by molar-refractivity contribution is 7.15. The molecule has 0 aliphatic heterocycles. The molecule has 4 heteroatoms. The van der Waals surface area contributed by atoms with Crippen LogP contribution in [0.5, 0.6) is 0 Å². The van der Waals surface area contributed by atoms with E-state index in [1.165, 1.54) is 22.4 Å². The molecule has 1 heterocycles. The Kier molecular flexibility index (Phi) is 2.65. The number of fused-ring (bicyclic) bond motifs is 3. The largest absolute Gasteiger partial charge is 0.486 e. The van der Waals surface area contributed by atoms with Crippen LogP contribution in [0.3, 0.4) is 0 Å². The molecule has 86 valence electrons. The van der Waals surface area contributed by atoms with Crippen LogP contribution in [0.2, 0.25) is 0 Å². The van der Waals surface area contributed by atoms with Crippen molar-refractivity contribution in [3.63, 3.8) is 0 Å².